The zero-order valence-electron chi connectivity index (χ0n) is 21.3. The van der Waals surface area contributed by atoms with Gasteiger partial charge in [0.2, 0.25) is 0 Å². The number of nitrogens with zero attached hydrogens (tertiary/aromatic N) is 5. The van der Waals surface area contributed by atoms with Gasteiger partial charge in [-0.3, -0.25) is 14.0 Å². The van der Waals surface area contributed by atoms with E-state index in [9.17, 15) is 14.4 Å². The molecule has 2 N–H and O–H groups in total. The summed E-state index contributed by atoms with van der Waals surface area (Å²) in [6.07, 6.45) is 6.54. The van der Waals surface area contributed by atoms with Gasteiger partial charge in [0.15, 0.2) is 11.6 Å². The standard InChI is InChI=1S/C29H27FN6O3/c30-18-11-17-15-35(29(39)33-7-4-19(31)5-8-33)10-9-34-16-21(20(12-18)28(17)34)26-23(37)13-24(38)27(26)22-14-32-25-3-1-2-6-36(22)25/h1-3,6,11-12,14,16,19H,4-5,7-10,13,15,31H2. The van der Waals surface area contributed by atoms with Gasteiger partial charge in [0.1, 0.15) is 11.5 Å². The summed E-state index contributed by atoms with van der Waals surface area (Å²) in [5.41, 5.74) is 9.80. The fourth-order valence-corrected chi connectivity index (χ4v) is 6.23. The van der Waals surface area contributed by atoms with Crippen LogP contribution in [0.15, 0.2) is 48.9 Å². The van der Waals surface area contributed by atoms with Crippen LogP contribution in [0.2, 0.25) is 0 Å². The summed E-state index contributed by atoms with van der Waals surface area (Å²) in [5.74, 6) is -1.02. The van der Waals surface area contributed by atoms with Crippen molar-refractivity contribution in [3.8, 4) is 0 Å². The number of Topliss-reactive ketones (excluding diaryl/α,β-unsaturated/α-hetero) is 2. The smallest absolute Gasteiger partial charge is 0.320 e. The minimum atomic E-state index is -0.455. The molecule has 1 fully saturated rings. The highest BCUT2D eigenvalue weighted by Crippen LogP contribution is 2.41. The van der Waals surface area contributed by atoms with Gasteiger partial charge in [-0.1, -0.05) is 6.07 Å². The highest BCUT2D eigenvalue weighted by atomic mass is 19.1. The van der Waals surface area contributed by atoms with Crippen molar-refractivity contribution in [2.24, 2.45) is 5.73 Å². The number of pyridine rings is 1. The van der Waals surface area contributed by atoms with Crippen LogP contribution in [-0.2, 0) is 22.7 Å². The van der Waals surface area contributed by atoms with Gasteiger partial charge in [-0.2, -0.15) is 0 Å². The summed E-state index contributed by atoms with van der Waals surface area (Å²) in [6, 6.07) is 8.45. The van der Waals surface area contributed by atoms with E-state index in [1.54, 1.807) is 21.7 Å². The summed E-state index contributed by atoms with van der Waals surface area (Å²) >= 11 is 0. The second-order valence-electron chi connectivity index (χ2n) is 10.6. The lowest BCUT2D eigenvalue weighted by Crippen LogP contribution is -2.49. The minimum absolute atomic E-state index is 0.0699. The van der Waals surface area contributed by atoms with Gasteiger partial charge in [0.25, 0.3) is 0 Å². The number of carbonyl (C=O) groups excluding carboxylic acids is 3. The van der Waals surface area contributed by atoms with E-state index in [2.05, 4.69) is 4.98 Å². The molecule has 1 aliphatic carbocycles. The fourth-order valence-electron chi connectivity index (χ4n) is 6.23. The Morgan fingerprint density at radius 3 is 2.62 bits per heavy atom. The largest absolute Gasteiger partial charge is 0.345 e. The number of allylic oxidation sites excluding steroid dienone is 2. The van der Waals surface area contributed by atoms with E-state index in [0.29, 0.717) is 65.2 Å². The average molecular weight is 527 g/mol. The van der Waals surface area contributed by atoms with E-state index in [1.165, 1.54) is 12.1 Å². The number of urea groups is 1. The molecule has 4 aromatic rings. The maximum absolute atomic E-state index is 15.1. The second kappa shape index (κ2) is 8.88. The molecule has 1 saturated heterocycles. The molecule has 3 aliphatic rings. The molecule has 0 spiro atoms. The third-order valence-electron chi connectivity index (χ3n) is 8.14. The summed E-state index contributed by atoms with van der Waals surface area (Å²) in [5, 5.41) is 0.563. The third kappa shape index (κ3) is 3.77. The lowest BCUT2D eigenvalue weighted by Gasteiger charge is -2.34. The van der Waals surface area contributed by atoms with Gasteiger partial charge in [-0.05, 0) is 42.7 Å². The predicted molar refractivity (Wildman–Crippen MR) is 143 cm³/mol. The monoisotopic (exact) mass is 526 g/mol. The van der Waals surface area contributed by atoms with E-state index in [4.69, 9.17) is 5.73 Å². The van der Waals surface area contributed by atoms with Gasteiger partial charge < -0.3 is 20.1 Å². The van der Waals surface area contributed by atoms with Crippen LogP contribution >= 0.6 is 0 Å². The molecule has 1 aromatic carbocycles. The number of halogens is 1. The van der Waals surface area contributed by atoms with Crippen molar-refractivity contribution in [3.63, 3.8) is 0 Å². The molecule has 0 unspecified atom stereocenters. The maximum Gasteiger partial charge on any atom is 0.320 e. The molecule has 9 nitrogen and oxygen atoms in total. The molecule has 2 amide bonds. The van der Waals surface area contributed by atoms with Gasteiger partial charge >= 0.3 is 6.03 Å². The van der Waals surface area contributed by atoms with Crippen LogP contribution in [0, 0.1) is 5.82 Å². The minimum Gasteiger partial charge on any atom is -0.345 e. The number of imidazole rings is 1. The summed E-state index contributed by atoms with van der Waals surface area (Å²) < 4.78 is 18.8. The van der Waals surface area contributed by atoms with Gasteiger partial charge in [-0.25, -0.2) is 14.2 Å². The molecular formula is C29H27FN6O3. The second-order valence-corrected chi connectivity index (χ2v) is 10.6. The van der Waals surface area contributed by atoms with Gasteiger partial charge in [0, 0.05) is 67.7 Å². The van der Waals surface area contributed by atoms with Crippen LogP contribution < -0.4 is 5.73 Å². The number of aromatic nitrogens is 3. The van der Waals surface area contributed by atoms with Crippen molar-refractivity contribution in [1.29, 1.82) is 0 Å². The zero-order chi connectivity index (χ0) is 26.8. The molecule has 0 atom stereocenters. The molecule has 5 heterocycles. The van der Waals surface area contributed by atoms with E-state index in [0.717, 1.165) is 18.4 Å². The quantitative estimate of drug-likeness (QED) is 0.404. The van der Waals surface area contributed by atoms with Crippen LogP contribution in [-0.4, -0.2) is 67.0 Å². The first-order valence-corrected chi connectivity index (χ1v) is 13.2. The van der Waals surface area contributed by atoms with Crippen molar-refractivity contribution in [1.82, 2.24) is 23.8 Å². The van der Waals surface area contributed by atoms with Crippen molar-refractivity contribution in [3.05, 3.63) is 71.6 Å². The topological polar surface area (TPSA) is 106 Å². The zero-order valence-corrected chi connectivity index (χ0v) is 21.3. The van der Waals surface area contributed by atoms with E-state index >= 15 is 4.39 Å². The van der Waals surface area contributed by atoms with Crippen molar-refractivity contribution < 1.29 is 18.8 Å². The van der Waals surface area contributed by atoms with Crippen molar-refractivity contribution in [2.45, 2.75) is 38.4 Å². The summed E-state index contributed by atoms with van der Waals surface area (Å²) in [7, 11) is 0. The molecule has 7 rings (SSSR count). The number of piperidine rings is 1. The van der Waals surface area contributed by atoms with Crippen LogP contribution in [0.1, 0.15) is 36.1 Å². The van der Waals surface area contributed by atoms with Crippen LogP contribution in [0.3, 0.4) is 0 Å². The molecule has 10 heteroatoms. The third-order valence-corrected chi connectivity index (χ3v) is 8.14. The fraction of sp³-hybridized carbons (Fsp3) is 0.310. The molecule has 0 bridgehead atoms. The van der Waals surface area contributed by atoms with Crippen LogP contribution in [0.4, 0.5) is 9.18 Å². The summed E-state index contributed by atoms with van der Waals surface area (Å²) in [6.45, 7) is 2.40. The number of carbonyl (C=O) groups is 3. The van der Waals surface area contributed by atoms with Crippen molar-refractivity contribution in [2.75, 3.05) is 19.6 Å². The summed E-state index contributed by atoms with van der Waals surface area (Å²) in [4.78, 5) is 47.8. The average Bonchev–Trinajstić information content (AvgIpc) is 3.54. The molecule has 0 radical (unpaired) electrons. The molecule has 0 saturated carbocycles. The molecule has 2 aliphatic heterocycles. The van der Waals surface area contributed by atoms with Crippen LogP contribution in [0.5, 0.6) is 0 Å². The van der Waals surface area contributed by atoms with Gasteiger partial charge in [0.05, 0.1) is 29.4 Å². The number of likely N-dealkylation sites (tertiary alicyclic amines) is 1. The van der Waals surface area contributed by atoms with E-state index in [1.807, 2.05) is 33.9 Å². The van der Waals surface area contributed by atoms with Gasteiger partial charge in [-0.15, -0.1) is 0 Å². The number of rotatable bonds is 2. The predicted octanol–water partition coefficient (Wildman–Crippen LogP) is 3.24. The number of hydrogen-bond acceptors (Lipinski definition) is 5. The maximum atomic E-state index is 15.1. The Balaban J connectivity index is 1.34. The number of ketones is 2. The Hall–Kier alpha value is -4.31. The molecule has 3 aromatic heterocycles. The number of hydrogen-bond donors (Lipinski definition) is 1. The highest BCUT2D eigenvalue weighted by molar-refractivity contribution is 6.51. The number of fused-ring (bicyclic) bond motifs is 1. The number of amides is 2. The highest BCUT2D eigenvalue weighted by Gasteiger charge is 2.36. The van der Waals surface area contributed by atoms with Crippen LogP contribution in [0.25, 0.3) is 27.7 Å². The first kappa shape index (κ1) is 23.8. The Morgan fingerprint density at radius 2 is 1.79 bits per heavy atom. The SMILES string of the molecule is NC1CCN(C(=O)N2CCn3cc(C4=C(c5cnc6ccccn56)C(=O)CC4=O)c4cc(F)cc(c43)C2)CC1. The Bertz CT molecular complexity index is 1730. The number of benzene rings is 1. The number of nitrogens with two attached hydrogens (primary N) is 1. The normalized spacial score (nSPS) is 18.6. The molecule has 198 valence electrons. The molecule has 39 heavy (non-hydrogen) atoms. The Kier molecular flexibility index (Phi) is 5.41. The van der Waals surface area contributed by atoms with Crippen molar-refractivity contribution >= 4 is 45.3 Å². The first-order chi connectivity index (χ1) is 18.9. The van der Waals surface area contributed by atoms with E-state index < -0.39 is 5.82 Å². The van der Waals surface area contributed by atoms with E-state index in [-0.39, 0.29) is 36.6 Å². The molecular weight excluding hydrogens is 499 g/mol. The Morgan fingerprint density at radius 1 is 1.00 bits per heavy atom. The lowest BCUT2D eigenvalue weighted by atomic mass is 9.98. The Labute approximate surface area is 223 Å². The first-order valence-electron chi connectivity index (χ1n) is 13.2. The lowest BCUT2D eigenvalue weighted by molar-refractivity contribution is -0.119.